The molecule has 0 unspecified atom stereocenters. The average Bonchev–Trinajstić information content (AvgIpc) is 2.90. The molecule has 0 aliphatic carbocycles. The number of rotatable bonds is 5. The summed E-state index contributed by atoms with van der Waals surface area (Å²) in [6, 6.07) is 11.4. The van der Waals surface area contributed by atoms with E-state index in [1.807, 2.05) is 42.3 Å². The lowest BCUT2D eigenvalue weighted by molar-refractivity contribution is -0.0549. The van der Waals surface area contributed by atoms with Crippen molar-refractivity contribution in [2.24, 2.45) is 0 Å². The molecule has 3 rings (SSSR count). The predicted octanol–water partition coefficient (Wildman–Crippen LogP) is -0.509. The van der Waals surface area contributed by atoms with Gasteiger partial charge < -0.3 is 25.0 Å². The lowest BCUT2D eigenvalue weighted by Crippen LogP contribution is -2.36. The highest BCUT2D eigenvalue weighted by atomic mass is 16.6. The second-order valence-corrected chi connectivity index (χ2v) is 6.05. The molecular formula is C17H21N3O5. The number of aromatic nitrogens is 2. The van der Waals surface area contributed by atoms with Crippen LogP contribution >= 0.6 is 0 Å². The van der Waals surface area contributed by atoms with Crippen LogP contribution in [0.15, 0.2) is 47.4 Å². The molecule has 1 saturated heterocycles. The van der Waals surface area contributed by atoms with Crippen LogP contribution in [-0.4, -0.2) is 56.8 Å². The van der Waals surface area contributed by atoms with E-state index in [1.54, 1.807) is 6.07 Å². The van der Waals surface area contributed by atoms with Crippen LogP contribution < -0.4 is 10.6 Å². The van der Waals surface area contributed by atoms with Crippen LogP contribution in [0.5, 0.6) is 0 Å². The van der Waals surface area contributed by atoms with Crippen LogP contribution in [0.4, 0.5) is 5.82 Å². The van der Waals surface area contributed by atoms with Gasteiger partial charge in [-0.25, -0.2) is 4.79 Å². The van der Waals surface area contributed by atoms with Crippen molar-refractivity contribution in [2.45, 2.75) is 31.1 Å². The summed E-state index contributed by atoms with van der Waals surface area (Å²) in [6.07, 6.45) is -3.13. The highest BCUT2D eigenvalue weighted by Gasteiger charge is 2.43. The zero-order valence-electron chi connectivity index (χ0n) is 13.8. The van der Waals surface area contributed by atoms with Crippen molar-refractivity contribution >= 4 is 5.82 Å². The van der Waals surface area contributed by atoms with E-state index in [4.69, 9.17) is 9.84 Å². The van der Waals surface area contributed by atoms with Gasteiger partial charge in [-0.15, -0.1) is 0 Å². The highest BCUT2D eigenvalue weighted by molar-refractivity contribution is 5.37. The third-order valence-electron chi connectivity index (χ3n) is 4.26. The van der Waals surface area contributed by atoms with Crippen LogP contribution in [0.25, 0.3) is 0 Å². The number of hydrogen-bond donors (Lipinski definition) is 3. The normalized spacial score (nSPS) is 25.9. The van der Waals surface area contributed by atoms with Crippen molar-refractivity contribution in [2.75, 3.05) is 18.6 Å². The Morgan fingerprint density at radius 3 is 2.52 bits per heavy atom. The number of aliphatic hydroxyl groups excluding tert-OH is 3. The molecular weight excluding hydrogens is 326 g/mol. The van der Waals surface area contributed by atoms with E-state index in [1.165, 1.54) is 6.20 Å². The van der Waals surface area contributed by atoms with Gasteiger partial charge in [-0.2, -0.15) is 4.98 Å². The zero-order chi connectivity index (χ0) is 18.0. The smallest absolute Gasteiger partial charge is 0.351 e. The Hall–Kier alpha value is -2.26. The summed E-state index contributed by atoms with van der Waals surface area (Å²) in [5.74, 6) is 0.483. The summed E-state index contributed by atoms with van der Waals surface area (Å²) in [7, 11) is 1.82. The molecule has 0 bridgehead atoms. The SMILES string of the molecule is CN(Cc1ccccc1)c1ccn([C@@H]2O[C@H](CO)[C@@H](O)[C@H]2O)c(=O)n1. The summed E-state index contributed by atoms with van der Waals surface area (Å²) < 4.78 is 6.47. The standard InChI is InChI=1S/C17H21N3O5/c1-19(9-11-5-3-2-4-6-11)13-7-8-20(17(24)18-13)16-15(23)14(22)12(10-21)25-16/h2-8,12,14-16,21-23H,9-10H2,1H3/t12-,14-,15-,16-/m1/s1. The first-order valence-electron chi connectivity index (χ1n) is 7.98. The first-order chi connectivity index (χ1) is 12.0. The second kappa shape index (κ2) is 7.32. The summed E-state index contributed by atoms with van der Waals surface area (Å²) >= 11 is 0. The van der Waals surface area contributed by atoms with E-state index in [-0.39, 0.29) is 0 Å². The van der Waals surface area contributed by atoms with Crippen molar-refractivity contribution in [1.29, 1.82) is 0 Å². The third kappa shape index (κ3) is 3.57. The Labute approximate surface area is 144 Å². The van der Waals surface area contributed by atoms with Crippen molar-refractivity contribution in [3.63, 3.8) is 0 Å². The van der Waals surface area contributed by atoms with Crippen molar-refractivity contribution in [3.05, 3.63) is 58.6 Å². The van der Waals surface area contributed by atoms with Crippen molar-refractivity contribution in [1.82, 2.24) is 9.55 Å². The predicted molar refractivity (Wildman–Crippen MR) is 90.1 cm³/mol. The molecule has 1 aromatic carbocycles. The van der Waals surface area contributed by atoms with E-state index in [0.717, 1.165) is 10.1 Å². The number of anilines is 1. The van der Waals surface area contributed by atoms with Gasteiger partial charge in [0, 0.05) is 19.8 Å². The highest BCUT2D eigenvalue weighted by Crippen LogP contribution is 2.28. The van der Waals surface area contributed by atoms with Crippen LogP contribution in [0.2, 0.25) is 0 Å². The molecule has 2 aromatic rings. The Kier molecular flexibility index (Phi) is 5.14. The van der Waals surface area contributed by atoms with Gasteiger partial charge in [0.1, 0.15) is 24.1 Å². The molecule has 0 spiro atoms. The first-order valence-corrected chi connectivity index (χ1v) is 7.98. The van der Waals surface area contributed by atoms with Gasteiger partial charge in [0.15, 0.2) is 6.23 Å². The second-order valence-electron chi connectivity index (χ2n) is 6.05. The number of aliphatic hydroxyl groups is 3. The number of nitrogens with zero attached hydrogens (tertiary/aromatic N) is 3. The third-order valence-corrected chi connectivity index (χ3v) is 4.26. The first kappa shape index (κ1) is 17.6. The van der Waals surface area contributed by atoms with E-state index in [0.29, 0.717) is 12.4 Å². The lowest BCUT2D eigenvalue weighted by atomic mass is 10.1. The minimum atomic E-state index is -1.32. The maximum absolute atomic E-state index is 12.3. The van der Waals surface area contributed by atoms with Crippen LogP contribution in [0.3, 0.4) is 0 Å². The fourth-order valence-corrected chi connectivity index (χ4v) is 2.86. The van der Waals surface area contributed by atoms with Gasteiger partial charge in [0.25, 0.3) is 0 Å². The summed E-state index contributed by atoms with van der Waals surface area (Å²) in [4.78, 5) is 18.2. The Morgan fingerprint density at radius 1 is 1.20 bits per heavy atom. The van der Waals surface area contributed by atoms with E-state index in [9.17, 15) is 15.0 Å². The number of ether oxygens (including phenoxy) is 1. The van der Waals surface area contributed by atoms with Gasteiger partial charge in [-0.3, -0.25) is 4.57 Å². The number of hydrogen-bond acceptors (Lipinski definition) is 7. The molecule has 1 aliphatic rings. The molecule has 0 saturated carbocycles. The molecule has 25 heavy (non-hydrogen) atoms. The van der Waals surface area contributed by atoms with Crippen LogP contribution in [-0.2, 0) is 11.3 Å². The fourth-order valence-electron chi connectivity index (χ4n) is 2.86. The molecule has 8 heteroatoms. The van der Waals surface area contributed by atoms with Gasteiger partial charge in [-0.1, -0.05) is 30.3 Å². The summed E-state index contributed by atoms with van der Waals surface area (Å²) in [6.45, 7) is 0.139. The van der Waals surface area contributed by atoms with Crippen LogP contribution in [0, 0.1) is 0 Å². The summed E-state index contributed by atoms with van der Waals surface area (Å²) in [5, 5.41) is 29.0. The minimum absolute atomic E-state index is 0.450. The maximum atomic E-state index is 12.3. The Balaban J connectivity index is 1.78. The molecule has 1 aromatic heterocycles. The Morgan fingerprint density at radius 2 is 1.92 bits per heavy atom. The van der Waals surface area contributed by atoms with Gasteiger partial charge in [0.05, 0.1) is 6.61 Å². The molecule has 1 aliphatic heterocycles. The van der Waals surface area contributed by atoms with Crippen LogP contribution in [0.1, 0.15) is 11.8 Å². The monoisotopic (exact) mass is 347 g/mol. The molecule has 3 N–H and O–H groups in total. The average molecular weight is 347 g/mol. The van der Waals surface area contributed by atoms with Gasteiger partial charge in [-0.05, 0) is 11.6 Å². The van der Waals surface area contributed by atoms with Gasteiger partial charge in [0.2, 0.25) is 0 Å². The topological polar surface area (TPSA) is 108 Å². The molecule has 4 atom stereocenters. The molecule has 1 fully saturated rings. The molecule has 0 amide bonds. The largest absolute Gasteiger partial charge is 0.394 e. The molecule has 0 radical (unpaired) electrons. The van der Waals surface area contributed by atoms with Gasteiger partial charge >= 0.3 is 5.69 Å². The Bertz CT molecular complexity index is 766. The number of benzene rings is 1. The quantitative estimate of drug-likeness (QED) is 0.669. The van der Waals surface area contributed by atoms with E-state index in [2.05, 4.69) is 4.98 Å². The van der Waals surface area contributed by atoms with E-state index < -0.39 is 36.8 Å². The molecule has 8 nitrogen and oxygen atoms in total. The molecule has 2 heterocycles. The van der Waals surface area contributed by atoms with Crippen molar-refractivity contribution in [3.8, 4) is 0 Å². The fraction of sp³-hybridized carbons (Fsp3) is 0.412. The van der Waals surface area contributed by atoms with E-state index >= 15 is 0 Å². The lowest BCUT2D eigenvalue weighted by Gasteiger charge is -2.21. The van der Waals surface area contributed by atoms with Crippen molar-refractivity contribution < 1.29 is 20.1 Å². The molecule has 134 valence electrons. The zero-order valence-corrected chi connectivity index (χ0v) is 13.8. The summed E-state index contributed by atoms with van der Waals surface area (Å²) in [5.41, 5.74) is 0.478. The maximum Gasteiger partial charge on any atom is 0.351 e. The minimum Gasteiger partial charge on any atom is -0.394 e.